The quantitative estimate of drug-likeness (QED) is 0.843. The average molecular weight is 249 g/mol. The number of terminal acetylenes is 1. The number of hydrogen-bond donors (Lipinski definition) is 1. The van der Waals surface area contributed by atoms with Gasteiger partial charge in [-0.3, -0.25) is 0 Å². The zero-order valence-corrected chi connectivity index (χ0v) is 9.98. The number of thiazole rings is 1. The maximum atomic E-state index is 5.79. The second-order valence-corrected chi connectivity index (χ2v) is 4.88. The first kappa shape index (κ1) is 11.0. The molecule has 0 amide bonds. The zero-order valence-electron chi connectivity index (χ0n) is 8.40. The van der Waals surface area contributed by atoms with Gasteiger partial charge < -0.3 is 5.32 Å². The molecular formula is C12H9ClN2S. The van der Waals surface area contributed by atoms with Crippen molar-refractivity contribution in [2.24, 2.45) is 0 Å². The molecule has 0 fully saturated rings. The lowest BCUT2D eigenvalue weighted by molar-refractivity contribution is 1.10. The lowest BCUT2D eigenvalue weighted by Crippen LogP contribution is -1.98. The molecule has 1 heterocycles. The molecule has 0 aliphatic carbocycles. The summed E-state index contributed by atoms with van der Waals surface area (Å²) in [4.78, 5) is 4.16. The van der Waals surface area contributed by atoms with Crippen molar-refractivity contribution in [3.63, 3.8) is 0 Å². The predicted molar refractivity (Wildman–Crippen MR) is 68.8 cm³/mol. The summed E-state index contributed by atoms with van der Waals surface area (Å²) < 4.78 is 0.703. The fourth-order valence-corrected chi connectivity index (χ4v) is 2.16. The van der Waals surface area contributed by atoms with Crippen LogP contribution in [-0.4, -0.2) is 4.98 Å². The number of aromatic nitrogens is 1. The molecule has 16 heavy (non-hydrogen) atoms. The lowest BCUT2D eigenvalue weighted by atomic mass is 10.2. The summed E-state index contributed by atoms with van der Waals surface area (Å²) in [6.07, 6.45) is 6.98. The highest BCUT2D eigenvalue weighted by Crippen LogP contribution is 2.19. The summed E-state index contributed by atoms with van der Waals surface area (Å²) in [6, 6.07) is 7.71. The van der Waals surface area contributed by atoms with Gasteiger partial charge in [-0.1, -0.05) is 23.6 Å². The van der Waals surface area contributed by atoms with Gasteiger partial charge in [0.25, 0.3) is 0 Å². The van der Waals surface area contributed by atoms with Crippen LogP contribution in [0.1, 0.15) is 10.6 Å². The second kappa shape index (κ2) is 5.02. The Balaban J connectivity index is 2.02. The number of halogens is 1. The summed E-state index contributed by atoms with van der Waals surface area (Å²) in [7, 11) is 0. The highest BCUT2D eigenvalue weighted by atomic mass is 35.5. The SMILES string of the molecule is C#Cc1cccc(NCc2ncc(Cl)s2)c1. The van der Waals surface area contributed by atoms with Gasteiger partial charge in [0.2, 0.25) is 0 Å². The molecule has 0 aliphatic heterocycles. The lowest BCUT2D eigenvalue weighted by Gasteiger charge is -2.04. The molecule has 1 aromatic heterocycles. The maximum Gasteiger partial charge on any atom is 0.113 e. The third-order valence-electron chi connectivity index (χ3n) is 2.00. The van der Waals surface area contributed by atoms with E-state index in [1.165, 1.54) is 11.3 Å². The van der Waals surface area contributed by atoms with Gasteiger partial charge in [0.15, 0.2) is 0 Å². The molecule has 2 rings (SSSR count). The van der Waals surface area contributed by atoms with Crippen LogP contribution in [0, 0.1) is 12.3 Å². The normalized spacial score (nSPS) is 9.75. The minimum atomic E-state index is 0.658. The van der Waals surface area contributed by atoms with Gasteiger partial charge in [-0.25, -0.2) is 4.98 Å². The van der Waals surface area contributed by atoms with E-state index >= 15 is 0 Å². The van der Waals surface area contributed by atoms with E-state index < -0.39 is 0 Å². The molecule has 2 nitrogen and oxygen atoms in total. The minimum Gasteiger partial charge on any atom is -0.378 e. The number of anilines is 1. The van der Waals surface area contributed by atoms with Crippen LogP contribution in [0.25, 0.3) is 0 Å². The monoisotopic (exact) mass is 248 g/mol. The summed E-state index contributed by atoms with van der Waals surface area (Å²) in [5.74, 6) is 2.60. The van der Waals surface area contributed by atoms with Gasteiger partial charge in [-0.05, 0) is 18.2 Å². The highest BCUT2D eigenvalue weighted by molar-refractivity contribution is 7.15. The highest BCUT2D eigenvalue weighted by Gasteiger charge is 1.99. The van der Waals surface area contributed by atoms with E-state index in [0.29, 0.717) is 10.9 Å². The van der Waals surface area contributed by atoms with E-state index in [2.05, 4.69) is 16.2 Å². The van der Waals surface area contributed by atoms with E-state index in [-0.39, 0.29) is 0 Å². The molecule has 2 aromatic rings. The molecule has 0 spiro atoms. The smallest absolute Gasteiger partial charge is 0.113 e. The number of hydrogen-bond acceptors (Lipinski definition) is 3. The molecule has 0 bridgehead atoms. The Hall–Kier alpha value is -1.50. The van der Waals surface area contributed by atoms with Gasteiger partial charge in [0.05, 0.1) is 12.7 Å². The van der Waals surface area contributed by atoms with Crippen LogP contribution in [-0.2, 0) is 6.54 Å². The molecular weight excluding hydrogens is 240 g/mol. The zero-order chi connectivity index (χ0) is 11.4. The van der Waals surface area contributed by atoms with Crippen LogP contribution in [0.5, 0.6) is 0 Å². The van der Waals surface area contributed by atoms with E-state index in [0.717, 1.165) is 16.3 Å². The standard InChI is InChI=1S/C12H9ClN2S/c1-2-9-4-3-5-10(6-9)14-8-12-15-7-11(13)16-12/h1,3-7,14H,8H2. The van der Waals surface area contributed by atoms with Gasteiger partial charge in [-0.15, -0.1) is 17.8 Å². The molecule has 0 atom stereocenters. The third kappa shape index (κ3) is 2.75. The Morgan fingerprint density at radius 1 is 1.50 bits per heavy atom. The molecule has 4 heteroatoms. The fraction of sp³-hybridized carbons (Fsp3) is 0.0833. The van der Waals surface area contributed by atoms with Crippen LogP contribution in [0.3, 0.4) is 0 Å². The molecule has 0 radical (unpaired) electrons. The number of rotatable bonds is 3. The van der Waals surface area contributed by atoms with Crippen LogP contribution < -0.4 is 5.32 Å². The Morgan fingerprint density at radius 2 is 2.38 bits per heavy atom. The summed E-state index contributed by atoms with van der Waals surface area (Å²) in [5, 5.41) is 4.20. The average Bonchev–Trinajstić information content (AvgIpc) is 2.73. The molecule has 0 aliphatic rings. The molecule has 0 unspecified atom stereocenters. The summed E-state index contributed by atoms with van der Waals surface area (Å²) in [6.45, 7) is 0.658. The Labute approximate surface area is 103 Å². The van der Waals surface area contributed by atoms with E-state index in [1.807, 2.05) is 24.3 Å². The van der Waals surface area contributed by atoms with Crippen LogP contribution in [0.4, 0.5) is 5.69 Å². The van der Waals surface area contributed by atoms with Gasteiger partial charge in [0.1, 0.15) is 9.34 Å². The predicted octanol–water partition coefficient (Wildman–Crippen LogP) is 3.39. The van der Waals surface area contributed by atoms with Crippen molar-refractivity contribution < 1.29 is 0 Å². The Morgan fingerprint density at radius 3 is 3.06 bits per heavy atom. The molecule has 80 valence electrons. The van der Waals surface area contributed by atoms with Crippen molar-refractivity contribution in [1.29, 1.82) is 0 Å². The van der Waals surface area contributed by atoms with E-state index in [1.54, 1.807) is 6.20 Å². The van der Waals surface area contributed by atoms with Crippen molar-refractivity contribution in [2.75, 3.05) is 5.32 Å². The summed E-state index contributed by atoms with van der Waals surface area (Å²) in [5.41, 5.74) is 1.85. The molecule has 1 aromatic carbocycles. The van der Waals surface area contributed by atoms with Crippen LogP contribution in [0.15, 0.2) is 30.5 Å². The van der Waals surface area contributed by atoms with E-state index in [9.17, 15) is 0 Å². The van der Waals surface area contributed by atoms with Crippen LogP contribution >= 0.6 is 22.9 Å². The first-order valence-corrected chi connectivity index (χ1v) is 5.88. The second-order valence-electron chi connectivity index (χ2n) is 3.14. The molecule has 0 saturated heterocycles. The molecule has 1 N–H and O–H groups in total. The van der Waals surface area contributed by atoms with Crippen molar-refractivity contribution in [3.8, 4) is 12.3 Å². The maximum absolute atomic E-state index is 5.79. The Kier molecular flexibility index (Phi) is 3.45. The van der Waals surface area contributed by atoms with Crippen molar-refractivity contribution in [1.82, 2.24) is 4.98 Å². The fourth-order valence-electron chi connectivity index (χ4n) is 1.27. The first-order chi connectivity index (χ1) is 7.78. The van der Waals surface area contributed by atoms with Crippen LogP contribution in [0.2, 0.25) is 4.34 Å². The Bertz CT molecular complexity index is 528. The third-order valence-corrected chi connectivity index (χ3v) is 3.11. The van der Waals surface area contributed by atoms with Crippen molar-refractivity contribution >= 4 is 28.6 Å². The number of benzene rings is 1. The van der Waals surface area contributed by atoms with E-state index in [4.69, 9.17) is 18.0 Å². The summed E-state index contributed by atoms with van der Waals surface area (Å²) >= 11 is 7.26. The van der Waals surface area contributed by atoms with Gasteiger partial charge in [0, 0.05) is 11.3 Å². The number of nitrogens with one attached hydrogen (secondary N) is 1. The van der Waals surface area contributed by atoms with Gasteiger partial charge in [-0.2, -0.15) is 0 Å². The van der Waals surface area contributed by atoms with Crippen molar-refractivity contribution in [2.45, 2.75) is 6.54 Å². The topological polar surface area (TPSA) is 24.9 Å². The van der Waals surface area contributed by atoms with Gasteiger partial charge >= 0.3 is 0 Å². The minimum absolute atomic E-state index is 0.658. The molecule has 0 saturated carbocycles. The van der Waals surface area contributed by atoms with Crippen molar-refractivity contribution in [3.05, 3.63) is 45.4 Å². The number of nitrogens with zero attached hydrogens (tertiary/aromatic N) is 1. The largest absolute Gasteiger partial charge is 0.378 e. The first-order valence-electron chi connectivity index (χ1n) is 4.68.